The van der Waals surface area contributed by atoms with Crippen LogP contribution < -0.4 is 5.32 Å². The number of aryl methyl sites for hydroxylation is 1. The van der Waals surface area contributed by atoms with E-state index in [1.165, 1.54) is 36.8 Å². The van der Waals surface area contributed by atoms with Crippen molar-refractivity contribution in [3.05, 3.63) is 35.4 Å². The van der Waals surface area contributed by atoms with E-state index in [0.29, 0.717) is 17.6 Å². The Bertz CT molecular complexity index is 414. The van der Waals surface area contributed by atoms with E-state index in [1.807, 2.05) is 7.05 Å². The maximum absolute atomic E-state index is 6.18. The lowest BCUT2D eigenvalue weighted by molar-refractivity contribution is -0.00504. The van der Waals surface area contributed by atoms with Crippen LogP contribution in [0.2, 0.25) is 0 Å². The second kappa shape index (κ2) is 7.42. The zero-order valence-electron chi connectivity index (χ0n) is 14.1. The van der Waals surface area contributed by atoms with E-state index in [0.717, 1.165) is 13.0 Å². The minimum atomic E-state index is 0.297. The van der Waals surface area contributed by atoms with Gasteiger partial charge < -0.3 is 10.1 Å². The number of nitrogens with one attached hydrogen (secondary N) is 1. The third-order valence-electron chi connectivity index (χ3n) is 4.92. The molecule has 0 heterocycles. The lowest BCUT2D eigenvalue weighted by atomic mass is 9.76. The molecule has 1 fully saturated rings. The van der Waals surface area contributed by atoms with E-state index in [1.54, 1.807) is 0 Å². The molecule has 2 heteroatoms. The Morgan fingerprint density at radius 3 is 2.33 bits per heavy atom. The van der Waals surface area contributed by atoms with Crippen molar-refractivity contribution in [2.75, 3.05) is 13.7 Å². The molecule has 1 saturated carbocycles. The van der Waals surface area contributed by atoms with Crippen LogP contribution in [0.4, 0.5) is 0 Å². The van der Waals surface area contributed by atoms with Crippen LogP contribution in [0.1, 0.15) is 63.6 Å². The number of hydrogen-bond acceptors (Lipinski definition) is 2. The van der Waals surface area contributed by atoms with Gasteiger partial charge in [0, 0.05) is 0 Å². The summed E-state index contributed by atoms with van der Waals surface area (Å²) in [6.45, 7) is 7.70. The Morgan fingerprint density at radius 1 is 1.19 bits per heavy atom. The molecule has 0 aromatic heterocycles. The van der Waals surface area contributed by atoms with Crippen molar-refractivity contribution < 1.29 is 4.74 Å². The van der Waals surface area contributed by atoms with Crippen molar-refractivity contribution >= 4 is 0 Å². The van der Waals surface area contributed by atoms with Crippen molar-refractivity contribution in [2.24, 2.45) is 5.41 Å². The van der Waals surface area contributed by atoms with Crippen LogP contribution in [0.5, 0.6) is 0 Å². The highest BCUT2D eigenvalue weighted by Crippen LogP contribution is 2.36. The maximum Gasteiger partial charge on any atom is 0.0665 e. The molecule has 0 radical (unpaired) electrons. The van der Waals surface area contributed by atoms with Gasteiger partial charge in [-0.1, -0.05) is 45.0 Å². The first-order chi connectivity index (χ1) is 10.0. The number of likely N-dealkylation sites (N-methyl/N-ethyl adjacent to an activating group) is 1. The van der Waals surface area contributed by atoms with Crippen LogP contribution in [-0.2, 0) is 11.2 Å². The molecule has 118 valence electrons. The fourth-order valence-electron chi connectivity index (χ4n) is 3.10. The molecule has 21 heavy (non-hydrogen) atoms. The molecule has 0 spiro atoms. The highest BCUT2D eigenvalue weighted by Gasteiger charge is 2.27. The molecule has 1 atom stereocenters. The van der Waals surface area contributed by atoms with Gasteiger partial charge in [-0.3, -0.25) is 0 Å². The van der Waals surface area contributed by atoms with Gasteiger partial charge in [0.25, 0.3) is 0 Å². The summed E-state index contributed by atoms with van der Waals surface area (Å²) in [5.41, 5.74) is 3.23. The molecule has 0 bridgehead atoms. The van der Waals surface area contributed by atoms with Gasteiger partial charge in [-0.05, 0) is 55.7 Å². The number of ether oxygens (including phenoxy) is 1. The normalized spacial score (nSPS) is 20.4. The number of hydrogen-bond donors (Lipinski definition) is 1. The second-order valence-corrected chi connectivity index (χ2v) is 7.13. The van der Waals surface area contributed by atoms with Crippen molar-refractivity contribution in [3.8, 4) is 0 Å². The predicted molar refractivity (Wildman–Crippen MR) is 89.6 cm³/mol. The van der Waals surface area contributed by atoms with Crippen molar-refractivity contribution in [1.29, 1.82) is 0 Å². The summed E-state index contributed by atoms with van der Waals surface area (Å²) in [5, 5.41) is 3.39. The average molecular weight is 289 g/mol. The summed E-state index contributed by atoms with van der Waals surface area (Å²) in [5.74, 6) is 0. The quantitative estimate of drug-likeness (QED) is 0.833. The zero-order valence-corrected chi connectivity index (χ0v) is 14.1. The van der Waals surface area contributed by atoms with Gasteiger partial charge in [-0.15, -0.1) is 0 Å². The molecule has 1 N–H and O–H groups in total. The maximum atomic E-state index is 6.18. The van der Waals surface area contributed by atoms with Gasteiger partial charge in [0.05, 0.1) is 18.8 Å². The molecule has 2 nitrogen and oxygen atoms in total. The molecule has 0 saturated heterocycles. The van der Waals surface area contributed by atoms with E-state index in [-0.39, 0.29) is 0 Å². The predicted octanol–water partition coefficient (Wildman–Crippen LogP) is 4.49. The summed E-state index contributed by atoms with van der Waals surface area (Å²) >= 11 is 0. The van der Waals surface area contributed by atoms with Gasteiger partial charge in [0.15, 0.2) is 0 Å². The summed E-state index contributed by atoms with van der Waals surface area (Å²) in [6, 6.07) is 9.21. The summed E-state index contributed by atoms with van der Waals surface area (Å²) in [6.07, 6.45) is 6.53. The minimum Gasteiger partial charge on any atom is -0.376 e. The third-order valence-corrected chi connectivity index (χ3v) is 4.92. The molecule has 0 amide bonds. The number of benzene rings is 1. The van der Waals surface area contributed by atoms with Gasteiger partial charge in [0.1, 0.15) is 0 Å². The standard InChI is InChI=1S/C19H31NO/c1-5-15-6-8-16(9-7-15)18(20-4)14-21-17-10-12-19(2,3)13-11-17/h6-9,17-18,20H,5,10-14H2,1-4H3. The lowest BCUT2D eigenvalue weighted by Gasteiger charge is -2.34. The van der Waals surface area contributed by atoms with E-state index < -0.39 is 0 Å². The molecule has 1 aromatic rings. The van der Waals surface area contributed by atoms with Crippen molar-refractivity contribution in [3.63, 3.8) is 0 Å². The SMILES string of the molecule is CCc1ccc(C(COC2CCC(C)(C)CC2)NC)cc1. The Labute approximate surface area is 130 Å². The van der Waals surface area contributed by atoms with E-state index in [2.05, 4.69) is 50.4 Å². The molecule has 1 unspecified atom stereocenters. The van der Waals surface area contributed by atoms with Crippen LogP contribution >= 0.6 is 0 Å². The Balaban J connectivity index is 1.85. The van der Waals surface area contributed by atoms with Gasteiger partial charge in [0.2, 0.25) is 0 Å². The van der Waals surface area contributed by atoms with Crippen molar-refractivity contribution in [1.82, 2.24) is 5.32 Å². The van der Waals surface area contributed by atoms with Crippen LogP contribution in [0, 0.1) is 5.41 Å². The van der Waals surface area contributed by atoms with Crippen LogP contribution in [-0.4, -0.2) is 19.8 Å². The second-order valence-electron chi connectivity index (χ2n) is 7.13. The molecule has 1 aromatic carbocycles. The Hall–Kier alpha value is -0.860. The molecular formula is C19H31NO. The molecule has 0 aliphatic heterocycles. The molecule has 2 rings (SSSR count). The fourth-order valence-corrected chi connectivity index (χ4v) is 3.10. The van der Waals surface area contributed by atoms with E-state index in [9.17, 15) is 0 Å². The lowest BCUT2D eigenvalue weighted by Crippen LogP contribution is -2.30. The zero-order chi connectivity index (χ0) is 15.3. The highest BCUT2D eigenvalue weighted by molar-refractivity contribution is 5.25. The van der Waals surface area contributed by atoms with Gasteiger partial charge in [-0.2, -0.15) is 0 Å². The van der Waals surface area contributed by atoms with E-state index >= 15 is 0 Å². The molecule has 1 aliphatic carbocycles. The summed E-state index contributed by atoms with van der Waals surface area (Å²) < 4.78 is 6.18. The highest BCUT2D eigenvalue weighted by atomic mass is 16.5. The Morgan fingerprint density at radius 2 is 1.81 bits per heavy atom. The van der Waals surface area contributed by atoms with Gasteiger partial charge in [-0.25, -0.2) is 0 Å². The van der Waals surface area contributed by atoms with Crippen LogP contribution in [0.25, 0.3) is 0 Å². The molecule has 1 aliphatic rings. The first-order valence-electron chi connectivity index (χ1n) is 8.42. The average Bonchev–Trinajstić information content (AvgIpc) is 2.50. The van der Waals surface area contributed by atoms with Crippen molar-refractivity contribution in [2.45, 2.75) is 65.0 Å². The Kier molecular flexibility index (Phi) is 5.83. The smallest absolute Gasteiger partial charge is 0.0665 e. The first kappa shape index (κ1) is 16.5. The molecular weight excluding hydrogens is 258 g/mol. The van der Waals surface area contributed by atoms with Gasteiger partial charge >= 0.3 is 0 Å². The monoisotopic (exact) mass is 289 g/mol. The first-order valence-corrected chi connectivity index (χ1v) is 8.42. The van der Waals surface area contributed by atoms with Crippen LogP contribution in [0.3, 0.4) is 0 Å². The summed E-state index contributed by atoms with van der Waals surface area (Å²) in [4.78, 5) is 0. The largest absolute Gasteiger partial charge is 0.376 e. The number of rotatable bonds is 6. The topological polar surface area (TPSA) is 21.3 Å². The fraction of sp³-hybridized carbons (Fsp3) is 0.684. The minimum absolute atomic E-state index is 0.297. The van der Waals surface area contributed by atoms with E-state index in [4.69, 9.17) is 4.74 Å². The third kappa shape index (κ3) is 4.82. The van der Waals surface area contributed by atoms with Crippen LogP contribution in [0.15, 0.2) is 24.3 Å². The summed E-state index contributed by atoms with van der Waals surface area (Å²) in [7, 11) is 2.02.